The third-order valence-corrected chi connectivity index (χ3v) is 3.08. The van der Waals surface area contributed by atoms with Crippen LogP contribution in [0.15, 0.2) is 42.6 Å². The predicted octanol–water partition coefficient (Wildman–Crippen LogP) is 3.01. The lowest BCUT2D eigenvalue weighted by molar-refractivity contribution is 0.105. The maximum Gasteiger partial charge on any atom is 0.198 e. The van der Waals surface area contributed by atoms with Crippen LogP contribution in [0, 0.1) is 6.92 Å². The van der Waals surface area contributed by atoms with Gasteiger partial charge in [-0.2, -0.15) is 0 Å². The van der Waals surface area contributed by atoms with Crippen LogP contribution in [0.2, 0.25) is 0 Å². The molecule has 0 unspecified atom stereocenters. The van der Waals surface area contributed by atoms with E-state index in [0.717, 1.165) is 5.69 Å². The molecular formula is C15H11NO2. The topological polar surface area (TPSA) is 50.2 Å². The van der Waals surface area contributed by atoms with Gasteiger partial charge in [0, 0.05) is 23.0 Å². The normalized spacial score (nSPS) is 13.9. The van der Waals surface area contributed by atoms with Gasteiger partial charge in [-0.1, -0.05) is 24.3 Å². The zero-order valence-electron chi connectivity index (χ0n) is 9.84. The van der Waals surface area contributed by atoms with Crippen molar-refractivity contribution in [3.63, 3.8) is 0 Å². The molecule has 3 nitrogen and oxygen atoms in total. The number of aryl methyl sites for hydroxylation is 1. The fourth-order valence-electron chi connectivity index (χ4n) is 2.23. The largest absolute Gasteiger partial charge is 0.507 e. The van der Waals surface area contributed by atoms with E-state index in [1.807, 2.05) is 13.0 Å². The Morgan fingerprint density at radius 2 is 1.83 bits per heavy atom. The number of allylic oxidation sites excluding steroid dienone is 1. The maximum absolute atomic E-state index is 12.3. The standard InChI is InChI=1S/C15H11NO2/c1-9-8-10(6-7-16-9)13-14(17)11-4-2-3-5-12(11)15(13)18/h2-8,17H,1H3. The third kappa shape index (κ3) is 1.44. The first-order valence-corrected chi connectivity index (χ1v) is 5.69. The molecule has 2 aromatic rings. The van der Waals surface area contributed by atoms with Crippen LogP contribution in [0.1, 0.15) is 27.2 Å². The molecule has 0 saturated carbocycles. The average molecular weight is 237 g/mol. The van der Waals surface area contributed by atoms with Crippen LogP contribution < -0.4 is 0 Å². The lowest BCUT2D eigenvalue weighted by Gasteiger charge is -2.02. The highest BCUT2D eigenvalue weighted by Crippen LogP contribution is 2.36. The molecule has 88 valence electrons. The average Bonchev–Trinajstić information content (AvgIpc) is 2.63. The molecule has 3 rings (SSSR count). The fraction of sp³-hybridized carbons (Fsp3) is 0.0667. The van der Waals surface area contributed by atoms with E-state index in [0.29, 0.717) is 22.3 Å². The number of aliphatic hydroxyl groups excluding tert-OH is 1. The number of carbonyl (C=O) groups excluding carboxylic acids is 1. The van der Waals surface area contributed by atoms with Crippen LogP contribution in [-0.4, -0.2) is 15.9 Å². The Balaban J connectivity index is 2.21. The molecule has 1 aromatic carbocycles. The third-order valence-electron chi connectivity index (χ3n) is 3.08. The second-order valence-electron chi connectivity index (χ2n) is 4.28. The Bertz CT molecular complexity index is 686. The van der Waals surface area contributed by atoms with E-state index >= 15 is 0 Å². The van der Waals surface area contributed by atoms with E-state index in [1.165, 1.54) is 0 Å². The molecule has 0 spiro atoms. The SMILES string of the molecule is Cc1cc(C2=C(O)c3ccccc3C2=O)ccn1. The van der Waals surface area contributed by atoms with Gasteiger partial charge < -0.3 is 5.11 Å². The lowest BCUT2D eigenvalue weighted by atomic mass is 10.0. The van der Waals surface area contributed by atoms with Gasteiger partial charge in [-0.15, -0.1) is 0 Å². The van der Waals surface area contributed by atoms with Crippen molar-refractivity contribution in [1.29, 1.82) is 0 Å². The summed E-state index contributed by atoms with van der Waals surface area (Å²) in [7, 11) is 0. The van der Waals surface area contributed by atoms with E-state index in [4.69, 9.17) is 0 Å². The summed E-state index contributed by atoms with van der Waals surface area (Å²) in [5.41, 5.74) is 3.05. The van der Waals surface area contributed by atoms with Gasteiger partial charge in [0.25, 0.3) is 0 Å². The van der Waals surface area contributed by atoms with Crippen molar-refractivity contribution in [2.45, 2.75) is 6.92 Å². The Kier molecular flexibility index (Phi) is 2.27. The molecule has 0 fully saturated rings. The van der Waals surface area contributed by atoms with Crippen molar-refractivity contribution in [2.24, 2.45) is 0 Å². The quantitative estimate of drug-likeness (QED) is 0.829. The molecule has 1 aliphatic carbocycles. The van der Waals surface area contributed by atoms with E-state index < -0.39 is 0 Å². The van der Waals surface area contributed by atoms with Crippen LogP contribution >= 0.6 is 0 Å². The molecule has 0 atom stereocenters. The number of aromatic nitrogens is 1. The van der Waals surface area contributed by atoms with Gasteiger partial charge in [0.2, 0.25) is 0 Å². The number of fused-ring (bicyclic) bond motifs is 1. The number of hydrogen-bond donors (Lipinski definition) is 1. The minimum absolute atomic E-state index is 0.0567. The van der Waals surface area contributed by atoms with Gasteiger partial charge in [0.1, 0.15) is 5.76 Å². The minimum Gasteiger partial charge on any atom is -0.507 e. The predicted molar refractivity (Wildman–Crippen MR) is 69.2 cm³/mol. The van der Waals surface area contributed by atoms with Crippen LogP contribution in [-0.2, 0) is 0 Å². The summed E-state index contributed by atoms with van der Waals surface area (Å²) in [6, 6.07) is 10.6. The first-order valence-electron chi connectivity index (χ1n) is 5.69. The summed E-state index contributed by atoms with van der Waals surface area (Å²) in [5.74, 6) is -0.0742. The van der Waals surface area contributed by atoms with Gasteiger partial charge in [-0.3, -0.25) is 9.78 Å². The Morgan fingerprint density at radius 1 is 1.11 bits per heavy atom. The first kappa shape index (κ1) is 10.7. The number of aliphatic hydroxyl groups is 1. The summed E-state index contributed by atoms with van der Waals surface area (Å²) in [5, 5.41) is 10.2. The maximum atomic E-state index is 12.3. The van der Waals surface area contributed by atoms with Gasteiger partial charge in [-0.25, -0.2) is 0 Å². The number of pyridine rings is 1. The highest BCUT2D eigenvalue weighted by molar-refractivity contribution is 6.38. The highest BCUT2D eigenvalue weighted by Gasteiger charge is 2.30. The van der Waals surface area contributed by atoms with E-state index in [9.17, 15) is 9.90 Å². The molecule has 0 bridgehead atoms. The summed E-state index contributed by atoms with van der Waals surface area (Å²) >= 11 is 0. The number of rotatable bonds is 1. The molecule has 0 radical (unpaired) electrons. The second kappa shape index (κ2) is 3.81. The molecule has 1 heterocycles. The molecule has 0 saturated heterocycles. The van der Waals surface area contributed by atoms with Crippen molar-refractivity contribution in [3.05, 3.63) is 65.0 Å². The Morgan fingerprint density at radius 3 is 2.50 bits per heavy atom. The van der Waals surface area contributed by atoms with E-state index in [1.54, 1.807) is 36.5 Å². The zero-order chi connectivity index (χ0) is 12.7. The molecule has 18 heavy (non-hydrogen) atoms. The molecule has 1 aliphatic rings. The number of Topliss-reactive ketones (excluding diaryl/α,β-unsaturated/α-hetero) is 1. The fourth-order valence-corrected chi connectivity index (χ4v) is 2.23. The molecule has 3 heteroatoms. The van der Waals surface area contributed by atoms with Crippen molar-refractivity contribution in [1.82, 2.24) is 4.98 Å². The Hall–Kier alpha value is -2.42. The number of benzene rings is 1. The molecular weight excluding hydrogens is 226 g/mol. The summed E-state index contributed by atoms with van der Waals surface area (Å²) in [6.07, 6.45) is 1.64. The van der Waals surface area contributed by atoms with Gasteiger partial charge >= 0.3 is 0 Å². The minimum atomic E-state index is -0.131. The lowest BCUT2D eigenvalue weighted by Crippen LogP contribution is -1.99. The summed E-state index contributed by atoms with van der Waals surface area (Å²) < 4.78 is 0. The number of carbonyl (C=O) groups is 1. The monoisotopic (exact) mass is 237 g/mol. The second-order valence-corrected chi connectivity index (χ2v) is 4.28. The van der Waals surface area contributed by atoms with Crippen LogP contribution in [0.5, 0.6) is 0 Å². The summed E-state index contributed by atoms with van der Waals surface area (Å²) in [6.45, 7) is 1.85. The number of ketones is 1. The van der Waals surface area contributed by atoms with E-state index in [2.05, 4.69) is 4.98 Å². The molecule has 1 aromatic heterocycles. The van der Waals surface area contributed by atoms with Crippen molar-refractivity contribution in [3.8, 4) is 0 Å². The van der Waals surface area contributed by atoms with Crippen molar-refractivity contribution in [2.75, 3.05) is 0 Å². The van der Waals surface area contributed by atoms with Crippen LogP contribution in [0.4, 0.5) is 0 Å². The Labute approximate surface area is 104 Å². The van der Waals surface area contributed by atoms with Gasteiger partial charge in [0.05, 0.1) is 5.57 Å². The van der Waals surface area contributed by atoms with E-state index in [-0.39, 0.29) is 11.5 Å². The molecule has 0 aliphatic heterocycles. The first-order chi connectivity index (χ1) is 8.68. The van der Waals surface area contributed by atoms with Gasteiger partial charge in [-0.05, 0) is 24.6 Å². The smallest absolute Gasteiger partial charge is 0.198 e. The van der Waals surface area contributed by atoms with Gasteiger partial charge in [0.15, 0.2) is 5.78 Å². The number of nitrogens with zero attached hydrogens (tertiary/aromatic N) is 1. The van der Waals surface area contributed by atoms with Crippen LogP contribution in [0.3, 0.4) is 0 Å². The highest BCUT2D eigenvalue weighted by atomic mass is 16.3. The zero-order valence-corrected chi connectivity index (χ0v) is 9.84. The molecule has 1 N–H and O–H groups in total. The van der Waals surface area contributed by atoms with Crippen molar-refractivity contribution >= 4 is 17.1 Å². The van der Waals surface area contributed by atoms with Crippen LogP contribution in [0.25, 0.3) is 11.3 Å². The van der Waals surface area contributed by atoms with Crippen molar-refractivity contribution < 1.29 is 9.90 Å². The summed E-state index contributed by atoms with van der Waals surface area (Å²) in [4.78, 5) is 16.4. The number of hydrogen-bond acceptors (Lipinski definition) is 3. The molecule has 0 amide bonds.